The van der Waals surface area contributed by atoms with Gasteiger partial charge in [0.05, 0.1) is 23.0 Å². The number of hydrogen-bond donors (Lipinski definition) is 1. The second kappa shape index (κ2) is 7.67. The van der Waals surface area contributed by atoms with Crippen LogP contribution in [0, 0.1) is 0 Å². The lowest BCUT2D eigenvalue weighted by Gasteiger charge is -2.19. The van der Waals surface area contributed by atoms with Crippen LogP contribution in [0.15, 0.2) is 41.3 Å². The van der Waals surface area contributed by atoms with Gasteiger partial charge in [0.2, 0.25) is 0 Å². The minimum Gasteiger partial charge on any atom is -0.488 e. The van der Waals surface area contributed by atoms with Gasteiger partial charge in [0, 0.05) is 19.2 Å². The number of hydrogen-bond acceptors (Lipinski definition) is 7. The maximum Gasteiger partial charge on any atom is 0.419 e. The van der Waals surface area contributed by atoms with E-state index in [0.29, 0.717) is 25.0 Å². The highest BCUT2D eigenvalue weighted by molar-refractivity contribution is 7.93. The fourth-order valence-corrected chi connectivity index (χ4v) is 5.11. The van der Waals surface area contributed by atoms with Gasteiger partial charge in [-0.2, -0.15) is 21.9 Å². The van der Waals surface area contributed by atoms with Crippen molar-refractivity contribution < 1.29 is 26.3 Å². The number of alkyl halides is 3. The van der Waals surface area contributed by atoms with Crippen LogP contribution in [0.5, 0.6) is 5.75 Å². The zero-order valence-corrected chi connectivity index (χ0v) is 17.3. The summed E-state index contributed by atoms with van der Waals surface area (Å²) in [6, 6.07) is 7.46. The van der Waals surface area contributed by atoms with Crippen LogP contribution in [0.4, 0.5) is 18.9 Å². The minimum atomic E-state index is -4.63. The number of sulfonamides is 1. The zero-order valence-electron chi connectivity index (χ0n) is 15.7. The van der Waals surface area contributed by atoms with E-state index in [0.717, 1.165) is 29.9 Å². The van der Waals surface area contributed by atoms with Gasteiger partial charge in [-0.25, -0.2) is 8.42 Å². The molecule has 160 valence electrons. The molecule has 0 aliphatic carbocycles. The Hall–Kier alpha value is -2.44. The first-order valence-electron chi connectivity index (χ1n) is 8.94. The normalized spacial score (nSPS) is 18.1. The third-order valence-electron chi connectivity index (χ3n) is 4.72. The highest BCUT2D eigenvalue weighted by atomic mass is 32.2. The molecule has 1 aromatic heterocycles. The fraction of sp³-hybridized carbons (Fsp3) is 0.333. The minimum absolute atomic E-state index is 0.0375. The van der Waals surface area contributed by atoms with E-state index in [9.17, 15) is 21.6 Å². The molecular formula is C18H17F3N4O3S2. The lowest BCUT2D eigenvalue weighted by molar-refractivity contribution is -0.139. The van der Waals surface area contributed by atoms with Crippen LogP contribution >= 0.6 is 11.7 Å². The number of anilines is 1. The number of aromatic nitrogens is 2. The van der Waals surface area contributed by atoms with Crippen LogP contribution in [-0.4, -0.2) is 48.3 Å². The average molecular weight is 458 g/mol. The molecule has 1 aliphatic heterocycles. The van der Waals surface area contributed by atoms with Crippen molar-refractivity contribution in [2.45, 2.75) is 23.6 Å². The molecule has 1 fully saturated rings. The average Bonchev–Trinajstić information content (AvgIpc) is 3.29. The largest absolute Gasteiger partial charge is 0.488 e. The van der Waals surface area contributed by atoms with Crippen molar-refractivity contribution in [2.24, 2.45) is 0 Å². The van der Waals surface area contributed by atoms with Crippen LogP contribution in [0.2, 0.25) is 0 Å². The first-order valence-corrected chi connectivity index (χ1v) is 11.2. The third-order valence-corrected chi connectivity index (χ3v) is 6.67. The number of likely N-dealkylation sites (tertiary alicyclic amines) is 1. The maximum absolute atomic E-state index is 13.4. The first-order chi connectivity index (χ1) is 14.1. The van der Waals surface area contributed by atoms with Crippen molar-refractivity contribution in [3.05, 3.63) is 42.0 Å². The van der Waals surface area contributed by atoms with Crippen molar-refractivity contribution in [1.29, 1.82) is 0 Å². The number of nitrogens with zero attached hydrogens (tertiary/aromatic N) is 3. The number of nitrogens with one attached hydrogen (secondary N) is 1. The van der Waals surface area contributed by atoms with Crippen molar-refractivity contribution in [3.63, 3.8) is 0 Å². The van der Waals surface area contributed by atoms with E-state index in [2.05, 4.69) is 13.5 Å². The van der Waals surface area contributed by atoms with E-state index in [1.165, 1.54) is 12.1 Å². The quantitative estimate of drug-likeness (QED) is 0.629. The van der Waals surface area contributed by atoms with E-state index < -0.39 is 33.6 Å². The molecule has 0 unspecified atom stereocenters. The molecule has 0 amide bonds. The summed E-state index contributed by atoms with van der Waals surface area (Å²) in [5, 5.41) is 0. The third kappa shape index (κ3) is 4.20. The second-order valence-corrected chi connectivity index (χ2v) is 9.17. The number of ether oxygens (including phenoxy) is 1. The first kappa shape index (κ1) is 20.8. The topological polar surface area (TPSA) is 84.4 Å². The molecule has 2 aromatic carbocycles. The molecule has 1 atom stereocenters. The van der Waals surface area contributed by atoms with Crippen LogP contribution in [0.1, 0.15) is 12.0 Å². The van der Waals surface area contributed by atoms with E-state index >= 15 is 0 Å². The van der Waals surface area contributed by atoms with Gasteiger partial charge in [0.25, 0.3) is 10.0 Å². The number of rotatable bonds is 5. The predicted molar refractivity (Wildman–Crippen MR) is 106 cm³/mol. The molecule has 0 spiro atoms. The van der Waals surface area contributed by atoms with Crippen molar-refractivity contribution in [3.8, 4) is 5.75 Å². The molecule has 3 aromatic rings. The van der Waals surface area contributed by atoms with Gasteiger partial charge in [0.1, 0.15) is 27.8 Å². The summed E-state index contributed by atoms with van der Waals surface area (Å²) in [5.74, 6) is -0.406. The Morgan fingerprint density at radius 3 is 2.73 bits per heavy atom. The van der Waals surface area contributed by atoms with Gasteiger partial charge in [0.15, 0.2) is 0 Å². The van der Waals surface area contributed by atoms with Crippen molar-refractivity contribution in [2.75, 3.05) is 24.9 Å². The smallest absolute Gasteiger partial charge is 0.419 e. The van der Waals surface area contributed by atoms with E-state index in [1.54, 1.807) is 6.07 Å². The van der Waals surface area contributed by atoms with E-state index in [1.807, 2.05) is 11.9 Å². The SMILES string of the molecule is CN1CC[C@@H](Oc2cc(NS(=O)(=O)c3cccc4nsnc34)ccc2C(F)(F)F)C1. The number of likely N-dealkylation sites (N-methyl/N-ethyl adjacent to an activating group) is 1. The molecule has 7 nitrogen and oxygen atoms in total. The van der Waals surface area contributed by atoms with Crippen LogP contribution in [0.3, 0.4) is 0 Å². The molecule has 2 heterocycles. The fourth-order valence-electron chi connectivity index (χ4n) is 3.30. The van der Waals surface area contributed by atoms with Crippen LogP contribution < -0.4 is 9.46 Å². The summed E-state index contributed by atoms with van der Waals surface area (Å²) in [4.78, 5) is 1.85. The molecule has 0 bridgehead atoms. The molecule has 0 saturated carbocycles. The molecule has 12 heteroatoms. The Labute approximate surface area is 174 Å². The summed E-state index contributed by atoms with van der Waals surface area (Å²) in [6.07, 6.45) is -4.45. The zero-order chi connectivity index (χ0) is 21.5. The number of halogens is 3. The standard InChI is InChI=1S/C18H17F3N4O3S2/c1-25-8-7-12(10-25)28-15-9-11(5-6-13(15)18(19,20)21)24-30(26,27)16-4-2-3-14-17(16)23-29-22-14/h2-6,9,12,24H,7-8,10H2,1H3/t12-/m1/s1. The summed E-state index contributed by atoms with van der Waals surface area (Å²) in [5.41, 5.74) is -0.368. The Kier molecular flexibility index (Phi) is 5.32. The second-order valence-electron chi connectivity index (χ2n) is 6.99. The van der Waals surface area contributed by atoms with Gasteiger partial charge in [-0.05, 0) is 37.7 Å². The molecule has 4 rings (SSSR count). The van der Waals surface area contributed by atoms with Crippen LogP contribution in [-0.2, 0) is 16.2 Å². The van der Waals surface area contributed by atoms with E-state index in [-0.39, 0.29) is 16.1 Å². The Morgan fingerprint density at radius 2 is 2.03 bits per heavy atom. The monoisotopic (exact) mass is 458 g/mol. The summed E-state index contributed by atoms with van der Waals surface area (Å²) in [7, 11) is -2.25. The highest BCUT2D eigenvalue weighted by Gasteiger charge is 2.36. The van der Waals surface area contributed by atoms with Gasteiger partial charge >= 0.3 is 6.18 Å². The Bertz CT molecular complexity index is 1180. The number of fused-ring (bicyclic) bond motifs is 1. The molecule has 1 aliphatic rings. The van der Waals surface area contributed by atoms with Gasteiger partial charge in [-0.3, -0.25) is 4.72 Å². The Balaban J connectivity index is 1.67. The molecular weight excluding hydrogens is 441 g/mol. The van der Waals surface area contributed by atoms with Crippen LogP contribution in [0.25, 0.3) is 11.0 Å². The van der Waals surface area contributed by atoms with Gasteiger partial charge in [-0.1, -0.05) is 6.07 Å². The number of benzene rings is 2. The summed E-state index contributed by atoms with van der Waals surface area (Å²) < 4.78 is 81.9. The summed E-state index contributed by atoms with van der Waals surface area (Å²) >= 11 is 0.873. The van der Waals surface area contributed by atoms with E-state index in [4.69, 9.17) is 4.74 Å². The van der Waals surface area contributed by atoms with Gasteiger partial charge in [-0.15, -0.1) is 0 Å². The van der Waals surface area contributed by atoms with Gasteiger partial charge < -0.3 is 9.64 Å². The maximum atomic E-state index is 13.4. The predicted octanol–water partition coefficient (Wildman–Crippen LogP) is 3.59. The lowest BCUT2D eigenvalue weighted by Crippen LogP contribution is -2.23. The van der Waals surface area contributed by atoms with Crippen molar-refractivity contribution in [1.82, 2.24) is 13.6 Å². The molecule has 30 heavy (non-hydrogen) atoms. The highest BCUT2D eigenvalue weighted by Crippen LogP contribution is 2.39. The summed E-state index contributed by atoms with van der Waals surface area (Å²) in [6.45, 7) is 1.20. The Morgan fingerprint density at radius 1 is 1.23 bits per heavy atom. The molecule has 1 N–H and O–H groups in total. The molecule has 0 radical (unpaired) electrons. The molecule has 1 saturated heterocycles. The lowest BCUT2D eigenvalue weighted by atomic mass is 10.1. The van der Waals surface area contributed by atoms with Crippen molar-refractivity contribution >= 4 is 38.5 Å².